The van der Waals surface area contributed by atoms with Crippen molar-refractivity contribution >= 4 is 35.0 Å². The van der Waals surface area contributed by atoms with Crippen LogP contribution in [-0.2, 0) is 4.79 Å². The Morgan fingerprint density at radius 1 is 1.27 bits per heavy atom. The minimum atomic E-state index is -0.131. The lowest BCUT2D eigenvalue weighted by atomic mass is 10.1. The molecule has 0 aromatic heterocycles. The number of thiocarbonyl (C=S) groups is 1. The van der Waals surface area contributed by atoms with Crippen LogP contribution in [0.25, 0.3) is 0 Å². The van der Waals surface area contributed by atoms with Crippen molar-refractivity contribution < 1.29 is 9.53 Å². The molecular weight excluding hydrogens is 318 g/mol. The molecule has 0 bridgehead atoms. The molecule has 0 aliphatic carbocycles. The van der Waals surface area contributed by atoms with E-state index in [0.717, 1.165) is 23.6 Å². The van der Waals surface area contributed by atoms with Crippen molar-refractivity contribution in [2.24, 2.45) is 5.92 Å². The SMILES string of the molecule is COc1ccc(SCC(=O)NNC(=S)NCCC(C)C)cc1. The van der Waals surface area contributed by atoms with Crippen LogP contribution in [0.3, 0.4) is 0 Å². The highest BCUT2D eigenvalue weighted by atomic mass is 32.2. The van der Waals surface area contributed by atoms with E-state index in [2.05, 4.69) is 30.0 Å². The van der Waals surface area contributed by atoms with E-state index in [-0.39, 0.29) is 5.91 Å². The molecule has 0 aliphatic heterocycles. The highest BCUT2D eigenvalue weighted by Crippen LogP contribution is 2.20. The third kappa shape index (κ3) is 8.09. The first-order chi connectivity index (χ1) is 10.5. The summed E-state index contributed by atoms with van der Waals surface area (Å²) in [6.45, 7) is 5.09. The molecule has 7 heteroatoms. The smallest absolute Gasteiger partial charge is 0.248 e. The van der Waals surface area contributed by atoms with Gasteiger partial charge in [0.25, 0.3) is 0 Å². The van der Waals surface area contributed by atoms with Gasteiger partial charge in [-0.25, -0.2) is 0 Å². The number of hydrogen-bond acceptors (Lipinski definition) is 4. The first kappa shape index (κ1) is 18.6. The Morgan fingerprint density at radius 3 is 2.55 bits per heavy atom. The molecule has 0 unspecified atom stereocenters. The Bertz CT molecular complexity index is 478. The van der Waals surface area contributed by atoms with Crippen LogP contribution in [-0.4, -0.2) is 30.4 Å². The van der Waals surface area contributed by atoms with Gasteiger partial charge in [-0.05, 0) is 48.8 Å². The summed E-state index contributed by atoms with van der Waals surface area (Å²) in [6.07, 6.45) is 1.03. The Labute approximate surface area is 141 Å². The number of rotatable bonds is 7. The van der Waals surface area contributed by atoms with Gasteiger partial charge in [0.2, 0.25) is 5.91 Å². The molecule has 0 aliphatic rings. The molecule has 0 heterocycles. The second-order valence-corrected chi connectivity index (χ2v) is 6.53. The molecule has 0 spiro atoms. The molecular formula is C15H23N3O2S2. The van der Waals surface area contributed by atoms with Crippen LogP contribution in [0.2, 0.25) is 0 Å². The van der Waals surface area contributed by atoms with Crippen molar-refractivity contribution in [3.63, 3.8) is 0 Å². The lowest BCUT2D eigenvalue weighted by Gasteiger charge is -2.12. The number of hydrogen-bond donors (Lipinski definition) is 3. The average molecular weight is 342 g/mol. The summed E-state index contributed by atoms with van der Waals surface area (Å²) in [5.74, 6) is 1.60. The molecule has 0 saturated heterocycles. The number of nitrogens with one attached hydrogen (secondary N) is 3. The van der Waals surface area contributed by atoms with Crippen molar-refractivity contribution in [1.82, 2.24) is 16.2 Å². The van der Waals surface area contributed by atoms with Gasteiger partial charge < -0.3 is 10.1 Å². The van der Waals surface area contributed by atoms with Crippen molar-refractivity contribution in [3.05, 3.63) is 24.3 Å². The topological polar surface area (TPSA) is 62.4 Å². The molecule has 3 N–H and O–H groups in total. The van der Waals surface area contributed by atoms with E-state index in [4.69, 9.17) is 17.0 Å². The number of ether oxygens (including phenoxy) is 1. The van der Waals surface area contributed by atoms with Crippen LogP contribution < -0.4 is 20.9 Å². The quantitative estimate of drug-likeness (QED) is 0.402. The van der Waals surface area contributed by atoms with E-state index in [0.29, 0.717) is 16.8 Å². The summed E-state index contributed by atoms with van der Waals surface area (Å²) >= 11 is 6.52. The summed E-state index contributed by atoms with van der Waals surface area (Å²) in [5, 5.41) is 3.47. The van der Waals surface area contributed by atoms with Gasteiger partial charge >= 0.3 is 0 Å². The second kappa shape index (κ2) is 10.3. The van der Waals surface area contributed by atoms with Gasteiger partial charge in [-0.3, -0.25) is 15.6 Å². The summed E-state index contributed by atoms with van der Waals surface area (Å²) in [4.78, 5) is 12.7. The Balaban J connectivity index is 2.18. The molecule has 0 saturated carbocycles. The molecule has 122 valence electrons. The van der Waals surface area contributed by atoms with Crippen molar-refractivity contribution in [3.8, 4) is 5.75 Å². The zero-order valence-corrected chi connectivity index (χ0v) is 14.8. The third-order valence-corrected chi connectivity index (χ3v) is 4.01. The predicted octanol–water partition coefficient (Wildman–Crippen LogP) is 2.33. The zero-order valence-electron chi connectivity index (χ0n) is 13.1. The molecule has 1 amide bonds. The first-order valence-electron chi connectivity index (χ1n) is 7.10. The maximum absolute atomic E-state index is 11.7. The van der Waals surface area contributed by atoms with Crippen molar-refractivity contribution in [1.29, 1.82) is 0 Å². The Morgan fingerprint density at radius 2 is 1.95 bits per heavy atom. The normalized spacial score (nSPS) is 10.2. The molecule has 5 nitrogen and oxygen atoms in total. The van der Waals surface area contributed by atoms with Crippen LogP contribution in [0, 0.1) is 5.92 Å². The van der Waals surface area contributed by atoms with Gasteiger partial charge in [0.1, 0.15) is 5.75 Å². The number of carbonyl (C=O) groups is 1. The fourth-order valence-corrected chi connectivity index (χ4v) is 2.35. The van der Waals surface area contributed by atoms with Crippen LogP contribution in [0.5, 0.6) is 5.75 Å². The molecule has 22 heavy (non-hydrogen) atoms. The average Bonchev–Trinajstić information content (AvgIpc) is 2.51. The summed E-state index contributed by atoms with van der Waals surface area (Å²) in [6, 6.07) is 7.57. The van der Waals surface area contributed by atoms with Crippen LogP contribution in [0.15, 0.2) is 29.2 Å². The van der Waals surface area contributed by atoms with E-state index in [1.165, 1.54) is 11.8 Å². The second-order valence-electron chi connectivity index (χ2n) is 5.08. The van der Waals surface area contributed by atoms with E-state index in [9.17, 15) is 4.79 Å². The van der Waals surface area contributed by atoms with Crippen LogP contribution >= 0.6 is 24.0 Å². The molecule has 0 radical (unpaired) electrons. The van der Waals surface area contributed by atoms with E-state index in [1.807, 2.05) is 24.3 Å². The number of methoxy groups -OCH3 is 1. The molecule has 0 fully saturated rings. The van der Waals surface area contributed by atoms with Gasteiger partial charge in [-0.1, -0.05) is 13.8 Å². The lowest BCUT2D eigenvalue weighted by Crippen LogP contribution is -2.47. The lowest BCUT2D eigenvalue weighted by molar-refractivity contribution is -0.119. The minimum Gasteiger partial charge on any atom is -0.497 e. The monoisotopic (exact) mass is 341 g/mol. The highest BCUT2D eigenvalue weighted by Gasteiger charge is 2.04. The van der Waals surface area contributed by atoms with Crippen molar-refractivity contribution in [2.45, 2.75) is 25.2 Å². The summed E-state index contributed by atoms with van der Waals surface area (Å²) < 4.78 is 5.09. The Kier molecular flexibility index (Phi) is 8.69. The molecule has 1 aromatic carbocycles. The molecule has 0 atom stereocenters. The standard InChI is InChI=1S/C15H23N3O2S2/c1-11(2)8-9-16-15(21)18-17-14(19)10-22-13-6-4-12(20-3)5-7-13/h4-7,11H,8-10H2,1-3H3,(H,17,19)(H2,16,18,21). The first-order valence-corrected chi connectivity index (χ1v) is 8.50. The number of benzene rings is 1. The minimum absolute atomic E-state index is 0.131. The van der Waals surface area contributed by atoms with Gasteiger partial charge in [-0.15, -0.1) is 11.8 Å². The van der Waals surface area contributed by atoms with Crippen molar-refractivity contribution in [2.75, 3.05) is 19.4 Å². The van der Waals surface area contributed by atoms with Gasteiger partial charge in [0.15, 0.2) is 5.11 Å². The van der Waals surface area contributed by atoms with Gasteiger partial charge in [0, 0.05) is 11.4 Å². The summed E-state index contributed by atoms with van der Waals surface area (Å²) in [7, 11) is 1.62. The number of amides is 1. The van der Waals surface area contributed by atoms with E-state index >= 15 is 0 Å². The maximum atomic E-state index is 11.7. The summed E-state index contributed by atoms with van der Waals surface area (Å²) in [5.41, 5.74) is 5.27. The molecule has 1 rings (SSSR count). The van der Waals surface area contributed by atoms with Gasteiger partial charge in [0.05, 0.1) is 12.9 Å². The Hall–Kier alpha value is -1.47. The van der Waals surface area contributed by atoms with E-state index < -0.39 is 0 Å². The zero-order chi connectivity index (χ0) is 16.4. The predicted molar refractivity (Wildman–Crippen MR) is 95.1 cm³/mol. The van der Waals surface area contributed by atoms with E-state index in [1.54, 1.807) is 7.11 Å². The fraction of sp³-hybridized carbons (Fsp3) is 0.467. The fourth-order valence-electron chi connectivity index (χ4n) is 1.50. The number of carbonyl (C=O) groups excluding carboxylic acids is 1. The van der Waals surface area contributed by atoms with Crippen LogP contribution in [0.1, 0.15) is 20.3 Å². The largest absolute Gasteiger partial charge is 0.497 e. The van der Waals surface area contributed by atoms with Gasteiger partial charge in [-0.2, -0.15) is 0 Å². The molecule has 1 aromatic rings. The third-order valence-electron chi connectivity index (χ3n) is 2.75. The highest BCUT2D eigenvalue weighted by molar-refractivity contribution is 8.00. The number of thioether (sulfide) groups is 1. The number of hydrazine groups is 1. The maximum Gasteiger partial charge on any atom is 0.248 e. The van der Waals surface area contributed by atoms with Crippen LogP contribution in [0.4, 0.5) is 0 Å².